The number of pyridine rings is 1. The maximum Gasteiger partial charge on any atom is 0.185 e. The summed E-state index contributed by atoms with van der Waals surface area (Å²) in [5.74, 6) is 0.0965. The molecule has 2 rings (SSSR count). The molecule has 1 aromatic carbocycles. The largest absolute Gasteiger partial charge is 0.508 e. The standard InChI is InChI=1S/C14H11NO2/c16-13-3-1-2-11(10-13)4-5-14(17)12-6-8-15-9-7-12/h1-10,16H/b5-4+. The van der Waals surface area contributed by atoms with Crippen LogP contribution in [-0.4, -0.2) is 15.9 Å². The molecular formula is C14H11NO2. The molecular weight excluding hydrogens is 214 g/mol. The number of aromatic nitrogens is 1. The Bertz CT molecular complexity index is 547. The lowest BCUT2D eigenvalue weighted by molar-refractivity contribution is 0.104. The van der Waals surface area contributed by atoms with Crippen molar-refractivity contribution in [3.63, 3.8) is 0 Å². The zero-order valence-electron chi connectivity index (χ0n) is 9.08. The number of phenols is 1. The van der Waals surface area contributed by atoms with Crippen LogP contribution in [0.15, 0.2) is 54.9 Å². The van der Waals surface area contributed by atoms with Gasteiger partial charge in [-0.2, -0.15) is 0 Å². The van der Waals surface area contributed by atoms with Crippen molar-refractivity contribution in [1.82, 2.24) is 4.98 Å². The van der Waals surface area contributed by atoms with Crippen molar-refractivity contribution in [2.75, 3.05) is 0 Å². The Morgan fingerprint density at radius 2 is 1.94 bits per heavy atom. The SMILES string of the molecule is O=C(/C=C/c1cccc(O)c1)c1ccncc1. The van der Waals surface area contributed by atoms with Crippen LogP contribution < -0.4 is 0 Å². The van der Waals surface area contributed by atoms with Gasteiger partial charge in [0.2, 0.25) is 0 Å². The molecule has 2 aromatic rings. The number of phenolic OH excluding ortho intramolecular Hbond substituents is 1. The van der Waals surface area contributed by atoms with Crippen molar-refractivity contribution in [3.05, 3.63) is 66.0 Å². The third-order valence-electron chi connectivity index (χ3n) is 2.26. The van der Waals surface area contributed by atoms with Gasteiger partial charge in [-0.1, -0.05) is 18.2 Å². The van der Waals surface area contributed by atoms with E-state index in [1.807, 2.05) is 6.07 Å². The second-order valence-electron chi connectivity index (χ2n) is 3.53. The van der Waals surface area contributed by atoms with Crippen LogP contribution in [0.1, 0.15) is 15.9 Å². The summed E-state index contributed by atoms with van der Waals surface area (Å²) in [6.07, 6.45) is 6.30. The van der Waals surface area contributed by atoms with E-state index in [1.165, 1.54) is 6.08 Å². The lowest BCUT2D eigenvalue weighted by Crippen LogP contribution is -1.93. The topological polar surface area (TPSA) is 50.2 Å². The van der Waals surface area contributed by atoms with Gasteiger partial charge in [0, 0.05) is 18.0 Å². The third kappa shape index (κ3) is 3.01. The van der Waals surface area contributed by atoms with E-state index in [-0.39, 0.29) is 11.5 Å². The van der Waals surface area contributed by atoms with Crippen molar-refractivity contribution in [1.29, 1.82) is 0 Å². The normalized spacial score (nSPS) is 10.6. The average Bonchev–Trinajstić information content (AvgIpc) is 2.37. The van der Waals surface area contributed by atoms with Crippen LogP contribution >= 0.6 is 0 Å². The summed E-state index contributed by atoms with van der Waals surface area (Å²) in [6.45, 7) is 0. The molecule has 0 saturated heterocycles. The van der Waals surface area contributed by atoms with Gasteiger partial charge in [0.15, 0.2) is 5.78 Å². The number of allylic oxidation sites excluding steroid dienone is 1. The predicted octanol–water partition coefficient (Wildman–Crippen LogP) is 2.68. The lowest BCUT2D eigenvalue weighted by Gasteiger charge is -1.95. The van der Waals surface area contributed by atoms with Crippen molar-refractivity contribution in [2.24, 2.45) is 0 Å². The van der Waals surface area contributed by atoms with E-state index >= 15 is 0 Å². The smallest absolute Gasteiger partial charge is 0.185 e. The number of carbonyl (C=O) groups is 1. The van der Waals surface area contributed by atoms with Gasteiger partial charge in [0.1, 0.15) is 5.75 Å². The van der Waals surface area contributed by atoms with Crippen LogP contribution in [0.4, 0.5) is 0 Å². The van der Waals surface area contributed by atoms with E-state index in [1.54, 1.807) is 48.8 Å². The summed E-state index contributed by atoms with van der Waals surface area (Å²) in [5, 5.41) is 9.27. The third-order valence-corrected chi connectivity index (χ3v) is 2.26. The second kappa shape index (κ2) is 5.07. The number of benzene rings is 1. The summed E-state index contributed by atoms with van der Waals surface area (Å²) in [4.78, 5) is 15.6. The fourth-order valence-corrected chi connectivity index (χ4v) is 1.41. The maximum atomic E-state index is 11.7. The summed E-state index contributed by atoms with van der Waals surface area (Å²) < 4.78 is 0. The monoisotopic (exact) mass is 225 g/mol. The fourth-order valence-electron chi connectivity index (χ4n) is 1.41. The van der Waals surface area contributed by atoms with Gasteiger partial charge >= 0.3 is 0 Å². The molecule has 17 heavy (non-hydrogen) atoms. The van der Waals surface area contributed by atoms with Crippen LogP contribution in [0.25, 0.3) is 6.08 Å². The number of carbonyl (C=O) groups excluding carboxylic acids is 1. The maximum absolute atomic E-state index is 11.7. The first kappa shape index (κ1) is 11.1. The molecule has 0 radical (unpaired) electrons. The minimum Gasteiger partial charge on any atom is -0.508 e. The molecule has 0 bridgehead atoms. The Hall–Kier alpha value is -2.42. The molecule has 3 heteroatoms. The quantitative estimate of drug-likeness (QED) is 0.645. The van der Waals surface area contributed by atoms with Crippen LogP contribution in [0.2, 0.25) is 0 Å². The molecule has 1 aromatic heterocycles. The van der Waals surface area contributed by atoms with Gasteiger partial charge in [-0.05, 0) is 35.9 Å². The summed E-state index contributed by atoms with van der Waals surface area (Å²) >= 11 is 0. The first-order chi connectivity index (χ1) is 8.25. The Kier molecular flexibility index (Phi) is 3.31. The van der Waals surface area contributed by atoms with Crippen molar-refractivity contribution in [3.8, 4) is 5.75 Å². The highest BCUT2D eigenvalue weighted by Gasteiger charge is 1.99. The van der Waals surface area contributed by atoms with E-state index in [0.717, 1.165) is 5.56 Å². The summed E-state index contributed by atoms with van der Waals surface area (Å²) in [5.41, 5.74) is 1.38. The zero-order chi connectivity index (χ0) is 12.1. The van der Waals surface area contributed by atoms with E-state index in [9.17, 15) is 9.90 Å². The first-order valence-corrected chi connectivity index (χ1v) is 5.17. The van der Waals surface area contributed by atoms with Crippen molar-refractivity contribution >= 4 is 11.9 Å². The molecule has 0 spiro atoms. The Labute approximate surface area is 99.1 Å². The van der Waals surface area contributed by atoms with Gasteiger partial charge < -0.3 is 5.11 Å². The van der Waals surface area contributed by atoms with E-state index in [2.05, 4.69) is 4.98 Å². The van der Waals surface area contributed by atoms with E-state index < -0.39 is 0 Å². The van der Waals surface area contributed by atoms with Gasteiger partial charge in [-0.15, -0.1) is 0 Å². The Balaban J connectivity index is 2.14. The molecule has 3 nitrogen and oxygen atoms in total. The van der Waals surface area contributed by atoms with E-state index in [0.29, 0.717) is 5.56 Å². The number of hydrogen-bond acceptors (Lipinski definition) is 3. The lowest BCUT2D eigenvalue weighted by atomic mass is 10.1. The van der Waals surface area contributed by atoms with Gasteiger partial charge in [0.05, 0.1) is 0 Å². The zero-order valence-corrected chi connectivity index (χ0v) is 9.08. The molecule has 0 unspecified atom stereocenters. The molecule has 84 valence electrons. The minimum atomic E-state index is -0.0873. The van der Waals surface area contributed by atoms with Crippen LogP contribution in [0.3, 0.4) is 0 Å². The highest BCUT2D eigenvalue weighted by Crippen LogP contribution is 2.12. The van der Waals surface area contributed by atoms with Crippen LogP contribution in [0.5, 0.6) is 5.75 Å². The molecule has 0 aliphatic rings. The fraction of sp³-hybridized carbons (Fsp3) is 0. The second-order valence-corrected chi connectivity index (χ2v) is 3.53. The molecule has 0 amide bonds. The van der Waals surface area contributed by atoms with Crippen molar-refractivity contribution < 1.29 is 9.90 Å². The minimum absolute atomic E-state index is 0.0873. The summed E-state index contributed by atoms with van der Waals surface area (Å²) in [6, 6.07) is 10.0. The van der Waals surface area contributed by atoms with E-state index in [4.69, 9.17) is 0 Å². The number of ketones is 1. The van der Waals surface area contributed by atoms with Gasteiger partial charge in [-0.3, -0.25) is 9.78 Å². The highest BCUT2D eigenvalue weighted by atomic mass is 16.3. The first-order valence-electron chi connectivity index (χ1n) is 5.17. The molecule has 0 aliphatic heterocycles. The number of nitrogens with zero attached hydrogens (tertiary/aromatic N) is 1. The molecule has 1 heterocycles. The Morgan fingerprint density at radius 1 is 1.18 bits per heavy atom. The summed E-state index contributed by atoms with van der Waals surface area (Å²) in [7, 11) is 0. The van der Waals surface area contributed by atoms with Crippen LogP contribution in [0, 0.1) is 0 Å². The average molecular weight is 225 g/mol. The number of rotatable bonds is 3. The molecule has 0 aliphatic carbocycles. The molecule has 0 fully saturated rings. The Morgan fingerprint density at radius 3 is 2.65 bits per heavy atom. The van der Waals surface area contributed by atoms with Gasteiger partial charge in [0.25, 0.3) is 0 Å². The molecule has 0 atom stereocenters. The predicted molar refractivity (Wildman–Crippen MR) is 65.7 cm³/mol. The molecule has 1 N–H and O–H groups in total. The van der Waals surface area contributed by atoms with Crippen molar-refractivity contribution in [2.45, 2.75) is 0 Å². The molecule has 0 saturated carbocycles. The number of hydrogen-bond donors (Lipinski definition) is 1. The number of aromatic hydroxyl groups is 1. The highest BCUT2D eigenvalue weighted by molar-refractivity contribution is 6.06. The van der Waals surface area contributed by atoms with Crippen LogP contribution in [-0.2, 0) is 0 Å². The van der Waals surface area contributed by atoms with Gasteiger partial charge in [-0.25, -0.2) is 0 Å².